The van der Waals surface area contributed by atoms with E-state index in [1.54, 1.807) is 17.4 Å². The van der Waals surface area contributed by atoms with E-state index in [0.29, 0.717) is 16.5 Å². The average Bonchev–Trinajstić information content (AvgIpc) is 3.25. The zero-order valence-electron chi connectivity index (χ0n) is 15.2. The minimum atomic E-state index is -4.33. The van der Waals surface area contributed by atoms with Gasteiger partial charge in [0, 0.05) is 27.6 Å². The fraction of sp³-hybridized carbons (Fsp3) is 0.368. The van der Waals surface area contributed by atoms with Crippen LogP contribution in [0.1, 0.15) is 42.8 Å². The Kier molecular flexibility index (Phi) is 5.95. The standard InChI is InChI=1S/C19H20F3N3S2/c1-4-16-9-14(11-26-16)17-23-24-18(25(17)12(2)3)27-10-13-6-5-7-15(8-13)19(20,21)22/h5-9,11-12H,4,10H2,1-3H3. The lowest BCUT2D eigenvalue weighted by Gasteiger charge is -2.13. The molecule has 0 aliphatic rings. The first kappa shape index (κ1) is 19.9. The summed E-state index contributed by atoms with van der Waals surface area (Å²) in [6.07, 6.45) is -3.36. The third kappa shape index (κ3) is 4.55. The Morgan fingerprint density at radius 2 is 1.96 bits per heavy atom. The highest BCUT2D eigenvalue weighted by Gasteiger charge is 2.30. The van der Waals surface area contributed by atoms with Gasteiger partial charge in [0.05, 0.1) is 5.56 Å². The molecule has 0 spiro atoms. The molecule has 3 rings (SSSR count). The van der Waals surface area contributed by atoms with Crippen LogP contribution in [0.25, 0.3) is 11.4 Å². The molecule has 0 saturated heterocycles. The summed E-state index contributed by atoms with van der Waals surface area (Å²) in [5.74, 6) is 1.20. The molecule has 3 aromatic rings. The number of thiophene rings is 1. The van der Waals surface area contributed by atoms with Crippen LogP contribution < -0.4 is 0 Å². The van der Waals surface area contributed by atoms with E-state index < -0.39 is 11.7 Å². The van der Waals surface area contributed by atoms with Crippen LogP contribution in [0.15, 0.2) is 40.9 Å². The van der Waals surface area contributed by atoms with Gasteiger partial charge in [0.2, 0.25) is 0 Å². The van der Waals surface area contributed by atoms with Crippen LogP contribution >= 0.6 is 23.1 Å². The molecule has 1 aromatic carbocycles. The van der Waals surface area contributed by atoms with Gasteiger partial charge in [-0.3, -0.25) is 4.57 Å². The lowest BCUT2D eigenvalue weighted by molar-refractivity contribution is -0.137. The summed E-state index contributed by atoms with van der Waals surface area (Å²) in [4.78, 5) is 1.28. The largest absolute Gasteiger partial charge is 0.416 e. The monoisotopic (exact) mass is 411 g/mol. The van der Waals surface area contributed by atoms with E-state index in [2.05, 4.69) is 28.6 Å². The van der Waals surface area contributed by atoms with E-state index >= 15 is 0 Å². The predicted molar refractivity (Wildman–Crippen MR) is 104 cm³/mol. The molecule has 0 atom stereocenters. The second kappa shape index (κ2) is 8.06. The van der Waals surface area contributed by atoms with Gasteiger partial charge in [-0.1, -0.05) is 36.9 Å². The molecular weight excluding hydrogens is 391 g/mol. The van der Waals surface area contributed by atoms with Crippen LogP contribution in [0.2, 0.25) is 0 Å². The smallest absolute Gasteiger partial charge is 0.299 e. The number of aromatic nitrogens is 3. The molecule has 144 valence electrons. The van der Waals surface area contributed by atoms with Gasteiger partial charge in [-0.25, -0.2) is 0 Å². The molecule has 2 heterocycles. The van der Waals surface area contributed by atoms with E-state index in [0.717, 1.165) is 23.9 Å². The van der Waals surface area contributed by atoms with Crippen molar-refractivity contribution in [2.24, 2.45) is 0 Å². The minimum absolute atomic E-state index is 0.143. The second-order valence-electron chi connectivity index (χ2n) is 6.41. The van der Waals surface area contributed by atoms with Gasteiger partial charge in [-0.05, 0) is 38.0 Å². The molecule has 3 nitrogen and oxygen atoms in total. The zero-order valence-corrected chi connectivity index (χ0v) is 16.9. The van der Waals surface area contributed by atoms with Crippen molar-refractivity contribution in [3.8, 4) is 11.4 Å². The summed E-state index contributed by atoms with van der Waals surface area (Å²) in [5.41, 5.74) is 1.01. The number of hydrogen-bond acceptors (Lipinski definition) is 4. The van der Waals surface area contributed by atoms with E-state index in [4.69, 9.17) is 0 Å². The topological polar surface area (TPSA) is 30.7 Å². The summed E-state index contributed by atoms with van der Waals surface area (Å²) in [6, 6.07) is 7.68. The molecule has 0 aliphatic heterocycles. The van der Waals surface area contributed by atoms with E-state index in [1.807, 2.05) is 18.4 Å². The number of alkyl halides is 3. The highest BCUT2D eigenvalue weighted by Crippen LogP contribution is 2.33. The molecule has 8 heteroatoms. The van der Waals surface area contributed by atoms with Crippen molar-refractivity contribution in [1.29, 1.82) is 0 Å². The van der Waals surface area contributed by atoms with Gasteiger partial charge in [-0.2, -0.15) is 13.2 Å². The summed E-state index contributed by atoms with van der Waals surface area (Å²) in [7, 11) is 0. The summed E-state index contributed by atoms with van der Waals surface area (Å²) < 4.78 is 40.7. The lowest BCUT2D eigenvalue weighted by atomic mass is 10.1. The molecule has 0 fully saturated rings. The Labute approximate surface area is 164 Å². The van der Waals surface area contributed by atoms with E-state index in [1.165, 1.54) is 28.8 Å². The van der Waals surface area contributed by atoms with Crippen molar-refractivity contribution >= 4 is 23.1 Å². The van der Waals surface area contributed by atoms with Crippen molar-refractivity contribution in [1.82, 2.24) is 14.8 Å². The summed E-state index contributed by atoms with van der Waals surface area (Å²) in [6.45, 7) is 6.21. The zero-order chi connectivity index (χ0) is 19.6. The maximum Gasteiger partial charge on any atom is 0.416 e. The van der Waals surface area contributed by atoms with Gasteiger partial charge in [0.15, 0.2) is 11.0 Å². The SMILES string of the molecule is CCc1cc(-c2nnc(SCc3cccc(C(F)(F)F)c3)n2C(C)C)cs1. The number of thioether (sulfide) groups is 1. The van der Waals surface area contributed by atoms with E-state index in [9.17, 15) is 13.2 Å². The number of hydrogen-bond donors (Lipinski definition) is 0. The van der Waals surface area contributed by atoms with Crippen molar-refractivity contribution < 1.29 is 13.2 Å². The first-order valence-corrected chi connectivity index (χ1v) is 10.5. The van der Waals surface area contributed by atoms with Gasteiger partial charge >= 0.3 is 6.18 Å². The molecule has 0 N–H and O–H groups in total. The first-order chi connectivity index (χ1) is 12.8. The normalized spacial score (nSPS) is 12.1. The molecule has 27 heavy (non-hydrogen) atoms. The average molecular weight is 412 g/mol. The maximum absolute atomic E-state index is 12.9. The Hall–Kier alpha value is -1.80. The maximum atomic E-state index is 12.9. The van der Waals surface area contributed by atoms with Gasteiger partial charge in [0.25, 0.3) is 0 Å². The number of benzene rings is 1. The Morgan fingerprint density at radius 1 is 1.19 bits per heavy atom. The van der Waals surface area contributed by atoms with Crippen LogP contribution in [0.4, 0.5) is 13.2 Å². The van der Waals surface area contributed by atoms with Crippen LogP contribution in [-0.4, -0.2) is 14.8 Å². The molecular formula is C19H20F3N3S2. The molecule has 0 saturated carbocycles. The fourth-order valence-electron chi connectivity index (χ4n) is 2.71. The Balaban J connectivity index is 1.83. The Bertz CT molecular complexity index is 913. The minimum Gasteiger partial charge on any atom is -0.299 e. The van der Waals surface area contributed by atoms with Crippen molar-refractivity contribution in [2.45, 2.75) is 50.3 Å². The third-order valence-electron chi connectivity index (χ3n) is 4.06. The third-order valence-corrected chi connectivity index (χ3v) is 6.16. The summed E-state index contributed by atoms with van der Waals surface area (Å²) >= 11 is 3.09. The number of nitrogens with zero attached hydrogens (tertiary/aromatic N) is 3. The summed E-state index contributed by atoms with van der Waals surface area (Å²) in [5, 5.41) is 11.4. The van der Waals surface area contributed by atoms with Crippen molar-refractivity contribution in [3.63, 3.8) is 0 Å². The van der Waals surface area contributed by atoms with Crippen molar-refractivity contribution in [2.75, 3.05) is 0 Å². The van der Waals surface area contributed by atoms with Crippen molar-refractivity contribution in [3.05, 3.63) is 51.7 Å². The Morgan fingerprint density at radius 3 is 2.59 bits per heavy atom. The van der Waals surface area contributed by atoms with Crippen LogP contribution in [0.3, 0.4) is 0 Å². The molecule has 2 aromatic heterocycles. The van der Waals surface area contributed by atoms with E-state index in [-0.39, 0.29) is 6.04 Å². The van der Waals surface area contributed by atoms with Crippen LogP contribution in [0.5, 0.6) is 0 Å². The second-order valence-corrected chi connectivity index (χ2v) is 8.35. The van der Waals surface area contributed by atoms with Gasteiger partial charge < -0.3 is 0 Å². The van der Waals surface area contributed by atoms with Crippen LogP contribution in [-0.2, 0) is 18.3 Å². The fourth-order valence-corrected chi connectivity index (χ4v) is 4.53. The molecule has 0 aliphatic carbocycles. The molecule has 0 bridgehead atoms. The predicted octanol–water partition coefficient (Wildman–Crippen LogP) is 6.46. The van der Waals surface area contributed by atoms with Gasteiger partial charge in [0.1, 0.15) is 0 Å². The lowest BCUT2D eigenvalue weighted by Crippen LogP contribution is -2.06. The number of halogens is 3. The number of aryl methyl sites for hydroxylation is 1. The molecule has 0 unspecified atom stereocenters. The first-order valence-electron chi connectivity index (χ1n) is 8.61. The highest BCUT2D eigenvalue weighted by atomic mass is 32.2. The quantitative estimate of drug-likeness (QED) is 0.436. The highest BCUT2D eigenvalue weighted by molar-refractivity contribution is 7.98. The molecule has 0 amide bonds. The molecule has 0 radical (unpaired) electrons. The van der Waals surface area contributed by atoms with Crippen LogP contribution in [0, 0.1) is 0 Å². The van der Waals surface area contributed by atoms with Gasteiger partial charge in [-0.15, -0.1) is 21.5 Å². The number of rotatable bonds is 6.